The Morgan fingerprint density at radius 3 is 1.55 bits per heavy atom. The number of aryl methyl sites for hydroxylation is 1. The first-order valence-corrected chi connectivity index (χ1v) is 31.0. The first-order chi connectivity index (χ1) is 41.8. The number of hydrogen-bond donors (Lipinski definition) is 0. The van der Waals surface area contributed by atoms with E-state index in [1.54, 1.807) is 0 Å². The Bertz CT molecular complexity index is 4810. The van der Waals surface area contributed by atoms with Crippen molar-refractivity contribution in [3.63, 3.8) is 0 Å². The van der Waals surface area contributed by atoms with Crippen LogP contribution in [0.3, 0.4) is 0 Å². The summed E-state index contributed by atoms with van der Waals surface area (Å²) in [6.45, 7) is 9.38. The van der Waals surface area contributed by atoms with Crippen LogP contribution in [-0.4, -0.2) is 11.3 Å². The Hall–Kier alpha value is -9.68. The summed E-state index contributed by atoms with van der Waals surface area (Å²) in [6.07, 6.45) is 3.13. The normalized spacial score (nSPS) is 12.8. The maximum Gasteiger partial charge on any atom is 0.252 e. The molecule has 16 rings (SSSR count). The number of para-hydroxylation sites is 2. The van der Waals surface area contributed by atoms with E-state index in [0.717, 1.165) is 30.6 Å². The fraction of sp³-hybridized carbons (Fsp3) is 0.100. The molecule has 2 aliphatic heterocycles. The molecule has 0 atom stereocenters. The van der Waals surface area contributed by atoms with E-state index in [1.807, 2.05) is 11.3 Å². The summed E-state index contributed by atoms with van der Waals surface area (Å²) in [5, 5.41) is 5.23. The van der Waals surface area contributed by atoms with Gasteiger partial charge in [-0.2, -0.15) is 0 Å². The molecule has 0 radical (unpaired) electrons. The number of unbranched alkanes of at least 4 members (excludes halogenated alkanes) is 1. The summed E-state index contributed by atoms with van der Waals surface area (Å²) in [6, 6.07) is 101. The average Bonchev–Trinajstić information content (AvgIpc) is 1.16. The zero-order chi connectivity index (χ0) is 56.9. The molecule has 85 heavy (non-hydrogen) atoms. The fourth-order valence-corrected chi connectivity index (χ4v) is 15.2. The van der Waals surface area contributed by atoms with Crippen molar-refractivity contribution in [3.8, 4) is 50.2 Å². The molecule has 406 valence electrons. The molecule has 2 aromatic heterocycles. The Balaban J connectivity index is 1.07. The summed E-state index contributed by atoms with van der Waals surface area (Å²) in [5.74, 6) is 0. The Morgan fingerprint density at radius 2 is 0.941 bits per heavy atom. The topological polar surface area (TPSA) is 11.4 Å². The zero-order valence-corrected chi connectivity index (χ0v) is 49.2. The van der Waals surface area contributed by atoms with E-state index in [-0.39, 0.29) is 12.1 Å². The number of hydrogen-bond acceptors (Lipinski definition) is 3. The third-order valence-corrected chi connectivity index (χ3v) is 19.3. The van der Waals surface area contributed by atoms with Crippen LogP contribution in [0.5, 0.6) is 0 Å². The van der Waals surface area contributed by atoms with Crippen LogP contribution >= 0.6 is 11.3 Å². The Kier molecular flexibility index (Phi) is 12.2. The summed E-state index contributed by atoms with van der Waals surface area (Å²) in [4.78, 5) is 5.42. The Labute approximate surface area is 502 Å². The molecule has 0 amide bonds. The van der Waals surface area contributed by atoms with Crippen LogP contribution in [0.2, 0.25) is 0 Å². The minimum absolute atomic E-state index is 0.138. The molecule has 0 saturated heterocycles. The second kappa shape index (κ2) is 20.3. The van der Waals surface area contributed by atoms with Crippen LogP contribution < -0.4 is 26.2 Å². The predicted molar refractivity (Wildman–Crippen MR) is 367 cm³/mol. The summed E-state index contributed by atoms with van der Waals surface area (Å²) in [7, 11) is 0. The number of anilines is 6. The van der Waals surface area contributed by atoms with Gasteiger partial charge in [-0.1, -0.05) is 228 Å². The van der Waals surface area contributed by atoms with E-state index >= 15 is 0 Å². The van der Waals surface area contributed by atoms with E-state index in [0.29, 0.717) is 0 Å². The van der Waals surface area contributed by atoms with Gasteiger partial charge in [0, 0.05) is 76.2 Å². The lowest BCUT2D eigenvalue weighted by molar-refractivity contribution is 0.590. The maximum atomic E-state index is 2.73. The smallest absolute Gasteiger partial charge is 0.252 e. The minimum Gasteiger partial charge on any atom is -0.311 e. The van der Waals surface area contributed by atoms with Crippen LogP contribution in [0.1, 0.15) is 51.7 Å². The molecule has 0 aliphatic carbocycles. The number of thiophene rings is 1. The third-order valence-electron chi connectivity index (χ3n) is 18.1. The molecule has 0 unspecified atom stereocenters. The van der Waals surface area contributed by atoms with Gasteiger partial charge in [-0.05, 0) is 152 Å². The first-order valence-electron chi connectivity index (χ1n) is 30.2. The van der Waals surface area contributed by atoms with Crippen molar-refractivity contribution < 1.29 is 0 Å². The molecule has 0 fully saturated rings. The van der Waals surface area contributed by atoms with Gasteiger partial charge in [0.15, 0.2) is 0 Å². The van der Waals surface area contributed by atoms with Gasteiger partial charge >= 0.3 is 0 Å². The lowest BCUT2D eigenvalue weighted by atomic mass is 9.33. The van der Waals surface area contributed by atoms with Crippen molar-refractivity contribution in [3.05, 3.63) is 278 Å². The van der Waals surface area contributed by atoms with Gasteiger partial charge < -0.3 is 14.4 Å². The molecule has 2 aliphatic rings. The van der Waals surface area contributed by atoms with Crippen LogP contribution in [0, 0.1) is 0 Å². The molecule has 0 N–H and O–H groups in total. The maximum absolute atomic E-state index is 2.73. The largest absolute Gasteiger partial charge is 0.311 e. The highest BCUT2D eigenvalue weighted by Crippen LogP contribution is 2.54. The lowest BCUT2D eigenvalue weighted by Gasteiger charge is -2.46. The second-order valence-corrected chi connectivity index (χ2v) is 25.3. The highest BCUT2D eigenvalue weighted by Gasteiger charge is 2.46. The monoisotopic (exact) mass is 1110 g/mol. The number of fused-ring (bicyclic) bond motifs is 10. The van der Waals surface area contributed by atoms with E-state index in [4.69, 9.17) is 0 Å². The second-order valence-electron chi connectivity index (χ2n) is 24.2. The van der Waals surface area contributed by atoms with Gasteiger partial charge in [-0.15, -0.1) is 11.3 Å². The predicted octanol–water partition coefficient (Wildman–Crippen LogP) is 20.5. The number of benzene rings is 12. The van der Waals surface area contributed by atoms with Gasteiger partial charge in [-0.25, -0.2) is 0 Å². The van der Waals surface area contributed by atoms with Crippen molar-refractivity contribution in [2.75, 3.05) is 9.80 Å². The molecule has 3 nitrogen and oxygen atoms in total. The quantitative estimate of drug-likeness (QED) is 0.126. The van der Waals surface area contributed by atoms with Crippen LogP contribution in [-0.2, 0) is 11.8 Å². The standard InChI is InChI=1S/C80H62BN3S/c1-5-6-33-62-70(44-45-76-77(62)63-36-21-24-39-75(63)85-76)83-72-51-59(82-68-37-22-19-34-60(68)61-35-20-23-38-69(61)82)41-42-66(72)81-67-48-56(52-25-11-7-12-26-52)40-43-71(67)84(74-50-58(80(2,3)4)49-73(83)78(74)81)79-64(54-29-15-9-16-30-54)46-57(53-27-13-8-14-28-53)47-65(79)55-31-17-10-18-32-55/h7-32,34-51H,5-6,33H2,1-4H3. The molecule has 4 heterocycles. The summed E-state index contributed by atoms with van der Waals surface area (Å²) in [5.41, 5.74) is 26.5. The first kappa shape index (κ1) is 51.0. The molecule has 0 bridgehead atoms. The van der Waals surface area contributed by atoms with E-state index in [2.05, 4.69) is 309 Å². The van der Waals surface area contributed by atoms with Crippen molar-refractivity contribution in [1.29, 1.82) is 0 Å². The molecular weight excluding hydrogens is 1050 g/mol. The fourth-order valence-electron chi connectivity index (χ4n) is 14.1. The van der Waals surface area contributed by atoms with Gasteiger partial charge in [-0.3, -0.25) is 0 Å². The average molecular weight is 1110 g/mol. The Morgan fingerprint density at radius 1 is 0.400 bits per heavy atom. The van der Waals surface area contributed by atoms with Gasteiger partial charge in [0.2, 0.25) is 0 Å². The van der Waals surface area contributed by atoms with Gasteiger partial charge in [0.05, 0.1) is 16.7 Å². The zero-order valence-electron chi connectivity index (χ0n) is 48.4. The van der Waals surface area contributed by atoms with Crippen molar-refractivity contribution >= 4 is 111 Å². The highest BCUT2D eigenvalue weighted by molar-refractivity contribution is 7.25. The number of rotatable bonds is 10. The summed E-state index contributed by atoms with van der Waals surface area (Å²) < 4.78 is 5.17. The molecule has 12 aromatic carbocycles. The van der Waals surface area contributed by atoms with Gasteiger partial charge in [0.25, 0.3) is 6.71 Å². The third kappa shape index (κ3) is 8.31. The van der Waals surface area contributed by atoms with E-state index in [9.17, 15) is 0 Å². The number of aromatic nitrogens is 1. The van der Waals surface area contributed by atoms with E-state index < -0.39 is 0 Å². The highest BCUT2D eigenvalue weighted by atomic mass is 32.1. The van der Waals surface area contributed by atoms with E-state index in [1.165, 1.54) is 142 Å². The number of nitrogens with zero attached hydrogens (tertiary/aromatic N) is 3. The van der Waals surface area contributed by atoms with Gasteiger partial charge in [0.1, 0.15) is 0 Å². The van der Waals surface area contributed by atoms with Crippen molar-refractivity contribution in [2.24, 2.45) is 0 Å². The van der Waals surface area contributed by atoms with Crippen molar-refractivity contribution in [1.82, 2.24) is 4.57 Å². The molecule has 14 aromatic rings. The van der Waals surface area contributed by atoms with Crippen LogP contribution in [0.4, 0.5) is 34.1 Å². The SMILES string of the molecule is CCCCc1c(N2c3cc(-n4c5ccccc5c5ccccc54)ccc3B3c4cc(-c5ccccc5)ccc4N(c4c(-c5ccccc5)cc(-c5ccccc5)cc4-c4ccccc4)c4cc(C(C)(C)C)cc2c43)ccc2sc3ccccc3c12. The minimum atomic E-state index is -0.235. The van der Waals surface area contributed by atoms with Crippen LogP contribution in [0.25, 0.3) is 92.2 Å². The van der Waals surface area contributed by atoms with Crippen molar-refractivity contribution in [2.45, 2.75) is 52.4 Å². The molecular formula is C80H62BN3S. The molecule has 0 spiro atoms. The summed E-state index contributed by atoms with van der Waals surface area (Å²) >= 11 is 1.92. The molecule has 5 heteroatoms. The molecule has 0 saturated carbocycles. The lowest BCUT2D eigenvalue weighted by Crippen LogP contribution is -2.61. The van der Waals surface area contributed by atoms with Crippen LogP contribution in [0.15, 0.2) is 267 Å².